The first kappa shape index (κ1) is 22.0. The zero-order chi connectivity index (χ0) is 24.0. The molecule has 5 rings (SSSR count). The molecule has 5 aromatic rings. The highest BCUT2D eigenvalue weighted by Crippen LogP contribution is 2.40. The quantitative estimate of drug-likeness (QED) is 0.187. The van der Waals surface area contributed by atoms with E-state index >= 15 is 0 Å². The van der Waals surface area contributed by atoms with Crippen molar-refractivity contribution in [2.45, 2.75) is 45.9 Å². The minimum absolute atomic E-state index is 0.116. The smallest absolute Gasteiger partial charge is 0.408 e. The molecular weight excluding hydrogens is 426 g/mol. The number of hydrogen-bond acceptors (Lipinski definition) is 4. The monoisotopic (exact) mass is 453 g/mol. The summed E-state index contributed by atoms with van der Waals surface area (Å²) >= 11 is 0. The van der Waals surface area contributed by atoms with Crippen LogP contribution in [0.3, 0.4) is 0 Å². The third-order valence-electron chi connectivity index (χ3n) is 6.07. The van der Waals surface area contributed by atoms with Crippen LogP contribution in [0, 0.1) is 0 Å². The number of amides is 1. The van der Waals surface area contributed by atoms with Gasteiger partial charge >= 0.3 is 12.1 Å². The van der Waals surface area contributed by atoms with Gasteiger partial charge in [-0.1, -0.05) is 66.7 Å². The summed E-state index contributed by atoms with van der Waals surface area (Å²) in [4.78, 5) is 24.5. The zero-order valence-corrected chi connectivity index (χ0v) is 19.8. The summed E-state index contributed by atoms with van der Waals surface area (Å²) in [6.45, 7) is 7.01. The number of carbonyl (C=O) groups is 2. The topological polar surface area (TPSA) is 64.6 Å². The Kier molecular flexibility index (Phi) is 5.28. The number of fused-ring (bicyclic) bond motifs is 2. The van der Waals surface area contributed by atoms with E-state index in [-0.39, 0.29) is 6.61 Å². The maximum absolute atomic E-state index is 12.6. The van der Waals surface area contributed by atoms with Crippen LogP contribution in [-0.2, 0) is 20.9 Å². The molecule has 0 radical (unpaired) electrons. The predicted molar refractivity (Wildman–Crippen MR) is 136 cm³/mol. The lowest BCUT2D eigenvalue weighted by atomic mass is 9.88. The molecule has 1 N–H and O–H groups in total. The minimum atomic E-state index is -0.820. The van der Waals surface area contributed by atoms with E-state index in [0.717, 1.165) is 10.9 Å². The normalized spacial score (nSPS) is 12.9. The van der Waals surface area contributed by atoms with E-state index in [9.17, 15) is 9.59 Å². The largest absolute Gasteiger partial charge is 0.459 e. The lowest BCUT2D eigenvalue weighted by Crippen LogP contribution is -2.42. The van der Waals surface area contributed by atoms with Crippen LogP contribution in [-0.4, -0.2) is 23.7 Å². The highest BCUT2D eigenvalue weighted by Gasteiger charge is 2.22. The average Bonchev–Trinajstić information content (AvgIpc) is 2.79. The van der Waals surface area contributed by atoms with Crippen molar-refractivity contribution in [1.29, 1.82) is 0 Å². The van der Waals surface area contributed by atoms with Crippen molar-refractivity contribution in [3.63, 3.8) is 0 Å². The molecule has 1 amide bonds. The van der Waals surface area contributed by atoms with Gasteiger partial charge in [-0.25, -0.2) is 9.59 Å². The molecule has 0 heterocycles. The summed E-state index contributed by atoms with van der Waals surface area (Å²) in [5.74, 6) is -0.513. The molecule has 5 aromatic carbocycles. The van der Waals surface area contributed by atoms with E-state index in [2.05, 4.69) is 59.9 Å². The van der Waals surface area contributed by atoms with E-state index in [1.165, 1.54) is 37.7 Å². The first-order valence-electron chi connectivity index (χ1n) is 11.5. The maximum atomic E-state index is 12.6. The van der Waals surface area contributed by atoms with Crippen molar-refractivity contribution >= 4 is 55.2 Å². The number of hydrogen-bond donors (Lipinski definition) is 1. The van der Waals surface area contributed by atoms with Gasteiger partial charge in [0.2, 0.25) is 0 Å². The molecule has 0 bridgehead atoms. The van der Waals surface area contributed by atoms with Gasteiger partial charge in [-0.3, -0.25) is 0 Å². The van der Waals surface area contributed by atoms with Crippen LogP contribution in [0.1, 0.15) is 33.3 Å². The Labute approximate surface area is 198 Å². The highest BCUT2D eigenvalue weighted by molar-refractivity contribution is 6.33. The van der Waals surface area contributed by atoms with Crippen LogP contribution >= 0.6 is 0 Å². The second kappa shape index (κ2) is 8.17. The molecule has 5 nitrogen and oxygen atoms in total. The number of ether oxygens (including phenoxy) is 2. The molecular formula is C29H27NO4. The van der Waals surface area contributed by atoms with E-state index < -0.39 is 23.7 Å². The predicted octanol–water partition coefficient (Wildman–Crippen LogP) is 6.69. The fourth-order valence-corrected chi connectivity index (χ4v) is 4.65. The van der Waals surface area contributed by atoms with Gasteiger partial charge < -0.3 is 14.8 Å². The van der Waals surface area contributed by atoms with E-state index in [4.69, 9.17) is 9.47 Å². The van der Waals surface area contributed by atoms with Crippen molar-refractivity contribution in [1.82, 2.24) is 5.32 Å². The summed E-state index contributed by atoms with van der Waals surface area (Å²) in [6.07, 6.45) is -0.647. The molecule has 0 aliphatic rings. The lowest BCUT2D eigenvalue weighted by molar-refractivity contribution is -0.147. The van der Waals surface area contributed by atoms with Crippen LogP contribution in [0.4, 0.5) is 4.79 Å². The molecule has 0 saturated heterocycles. The Morgan fingerprint density at radius 2 is 1.35 bits per heavy atom. The summed E-state index contributed by atoms with van der Waals surface area (Å²) in [6, 6.07) is 22.4. The number of nitrogens with one attached hydrogen (secondary N) is 1. The number of benzene rings is 5. The van der Waals surface area contributed by atoms with Gasteiger partial charge in [0.1, 0.15) is 18.2 Å². The second-order valence-corrected chi connectivity index (χ2v) is 9.69. The minimum Gasteiger partial charge on any atom is -0.459 e. The molecule has 0 aromatic heterocycles. The van der Waals surface area contributed by atoms with Crippen LogP contribution in [0.25, 0.3) is 43.1 Å². The molecule has 34 heavy (non-hydrogen) atoms. The summed E-state index contributed by atoms with van der Waals surface area (Å²) in [7, 11) is 0. The molecule has 5 heteroatoms. The number of alkyl carbamates (subject to hydrolysis) is 1. The van der Waals surface area contributed by atoms with Crippen molar-refractivity contribution in [3.05, 3.63) is 72.3 Å². The van der Waals surface area contributed by atoms with Crippen LogP contribution in [0.5, 0.6) is 0 Å². The molecule has 172 valence electrons. The zero-order valence-electron chi connectivity index (χ0n) is 19.8. The lowest BCUT2D eigenvalue weighted by Gasteiger charge is -2.21. The Morgan fingerprint density at radius 3 is 2.00 bits per heavy atom. The van der Waals surface area contributed by atoms with Crippen molar-refractivity contribution in [3.8, 4) is 0 Å². The van der Waals surface area contributed by atoms with Crippen molar-refractivity contribution < 1.29 is 19.1 Å². The van der Waals surface area contributed by atoms with Crippen molar-refractivity contribution in [2.24, 2.45) is 0 Å². The summed E-state index contributed by atoms with van der Waals surface area (Å²) < 4.78 is 10.8. The number of carbonyl (C=O) groups excluding carboxylic acids is 2. The third kappa shape index (κ3) is 3.87. The molecule has 0 aliphatic carbocycles. The van der Waals surface area contributed by atoms with Gasteiger partial charge in [-0.2, -0.15) is 0 Å². The van der Waals surface area contributed by atoms with Gasteiger partial charge in [-0.15, -0.1) is 0 Å². The van der Waals surface area contributed by atoms with E-state index in [1.54, 1.807) is 27.7 Å². The van der Waals surface area contributed by atoms with Gasteiger partial charge in [0.25, 0.3) is 0 Å². The van der Waals surface area contributed by atoms with Gasteiger partial charge in [-0.05, 0) is 76.3 Å². The number of rotatable bonds is 4. The first-order valence-corrected chi connectivity index (χ1v) is 11.5. The Balaban J connectivity index is 1.47. The first-order chi connectivity index (χ1) is 16.2. The van der Waals surface area contributed by atoms with Crippen LogP contribution in [0.2, 0.25) is 0 Å². The third-order valence-corrected chi connectivity index (χ3v) is 6.07. The molecule has 0 aliphatic heterocycles. The molecule has 0 spiro atoms. The maximum Gasteiger partial charge on any atom is 0.408 e. The average molecular weight is 454 g/mol. The molecule has 0 fully saturated rings. The Hall–Kier alpha value is -3.86. The number of esters is 1. The highest BCUT2D eigenvalue weighted by atomic mass is 16.6. The summed E-state index contributed by atoms with van der Waals surface area (Å²) in [5.41, 5.74) is 0.282. The fourth-order valence-electron chi connectivity index (χ4n) is 4.65. The van der Waals surface area contributed by atoms with Crippen molar-refractivity contribution in [2.75, 3.05) is 0 Å². The van der Waals surface area contributed by atoms with E-state index in [1.807, 2.05) is 12.1 Å². The van der Waals surface area contributed by atoms with Gasteiger partial charge in [0.15, 0.2) is 0 Å². The SMILES string of the molecule is C[C@H](NC(=O)OC(C)(C)C)C(=O)OCc1ccc2c3cccc4cccc(c5cccc1c52)c43. The fraction of sp³-hybridized carbons (Fsp3) is 0.241. The molecule has 0 saturated carbocycles. The molecule has 1 atom stereocenters. The van der Waals surface area contributed by atoms with Crippen LogP contribution in [0.15, 0.2) is 66.7 Å². The van der Waals surface area contributed by atoms with Gasteiger partial charge in [0, 0.05) is 0 Å². The standard InChI is InChI=1S/C29H27NO4/c1-17(30-28(32)34-29(2,3)4)27(31)33-16-19-14-15-24-22-12-6-9-18-8-5-11-21(25(18)22)23-13-7-10-20(19)26(23)24/h5-15,17H,16H2,1-4H3,(H,30,32)/t17-/m0/s1. The molecule has 0 unspecified atom stereocenters. The summed E-state index contributed by atoms with van der Waals surface area (Å²) in [5, 5.41) is 12.1. The Bertz CT molecular complexity index is 1500. The van der Waals surface area contributed by atoms with E-state index in [0.29, 0.717) is 0 Å². The second-order valence-electron chi connectivity index (χ2n) is 9.69. The van der Waals surface area contributed by atoms with Gasteiger partial charge in [0.05, 0.1) is 0 Å². The van der Waals surface area contributed by atoms with Crippen LogP contribution < -0.4 is 5.32 Å². The Morgan fingerprint density at radius 1 is 0.794 bits per heavy atom.